The smallest absolute Gasteiger partial charge is 0.175 e. The Morgan fingerprint density at radius 2 is 1.01 bits per heavy atom. The molecule has 22 nitrogen and oxygen atoms in total. The van der Waals surface area contributed by atoms with E-state index < -0.39 is 35.3 Å². The van der Waals surface area contributed by atoms with Crippen LogP contribution in [0.4, 0.5) is 45.5 Å². The average Bonchev–Trinajstić information content (AvgIpc) is 3.42. The van der Waals surface area contributed by atoms with E-state index in [1.807, 2.05) is 96.9 Å². The summed E-state index contributed by atoms with van der Waals surface area (Å²) in [6.45, 7) is 11.8. The number of fused-ring (bicyclic) bond motifs is 4. The average molecular weight is 1200 g/mol. The van der Waals surface area contributed by atoms with E-state index in [2.05, 4.69) is 40.9 Å². The van der Waals surface area contributed by atoms with Crippen LogP contribution in [0.5, 0.6) is 23.0 Å². The van der Waals surface area contributed by atoms with Crippen LogP contribution in [0.3, 0.4) is 0 Å². The molecule has 8 aromatic carbocycles. The van der Waals surface area contributed by atoms with Crippen LogP contribution < -0.4 is 21.3 Å². The standard InChI is InChI=1S/C16H21N3O5S2.C14H17N3O3S.2C12H13N3O.2C2H6/c1-17-18-15-11-8-14(26(5,23)24)12(9-25(4,21)22)16(20)10(11)6-7-13(15)19(2)3;1-15-16-14-11-7-9(21(4,19)20)8-13(18)10(11)5-6-12(14)17(2)3;1-7-5-8-3-4-9(15-14-2)12(13)11(8)10(16)6-7;1-7-6-8-4-3-5-9(13)10(8)12(16)11(7)15-14-2;2*1-2/h6-8,20H,9H2,1-5H3;5-8,18H,1-4H3;2*3-6,16H,13H2,1-2H3;2*1-2H3. The minimum Gasteiger partial charge on any atom is -0.507 e. The first-order valence-corrected chi connectivity index (χ1v) is 31.5. The number of aromatic hydroxyl groups is 4. The van der Waals surface area contributed by atoms with Crippen molar-refractivity contribution in [3.63, 3.8) is 0 Å². The number of nitrogens with two attached hydrogens (primary N) is 2. The first kappa shape index (κ1) is 68.7. The predicted molar refractivity (Wildman–Crippen MR) is 339 cm³/mol. The van der Waals surface area contributed by atoms with Gasteiger partial charge in [0.05, 0.1) is 32.6 Å². The maximum absolute atomic E-state index is 12.3. The molecule has 0 fully saturated rings. The summed E-state index contributed by atoms with van der Waals surface area (Å²) in [6, 6.07) is 25.8. The molecule has 25 heteroatoms. The van der Waals surface area contributed by atoms with Crippen LogP contribution in [0.1, 0.15) is 44.4 Å². The second kappa shape index (κ2) is 29.4. The number of anilines is 4. The molecule has 0 saturated carbocycles. The van der Waals surface area contributed by atoms with E-state index in [-0.39, 0.29) is 38.4 Å². The topological polar surface area (TPSA) is 341 Å². The quantitative estimate of drug-likeness (QED) is 0.0548. The van der Waals surface area contributed by atoms with Crippen LogP contribution in [0, 0.1) is 13.8 Å². The van der Waals surface area contributed by atoms with Crippen molar-refractivity contribution in [2.45, 2.75) is 57.1 Å². The molecule has 0 spiro atoms. The number of phenols is 4. The number of phenolic OH excluding ortho intramolecular Hbond substituents is 4. The van der Waals surface area contributed by atoms with Crippen molar-refractivity contribution in [3.8, 4) is 23.0 Å². The van der Waals surface area contributed by atoms with Gasteiger partial charge in [-0.05, 0) is 102 Å². The first-order chi connectivity index (χ1) is 38.9. The number of rotatable bonds is 10. The van der Waals surface area contributed by atoms with Crippen molar-refractivity contribution in [1.29, 1.82) is 0 Å². The third-order valence-corrected chi connectivity index (χ3v) is 15.0. The van der Waals surface area contributed by atoms with Crippen molar-refractivity contribution in [2.24, 2.45) is 40.9 Å². The van der Waals surface area contributed by atoms with Crippen molar-refractivity contribution in [2.75, 3.05) is 96.4 Å². The van der Waals surface area contributed by atoms with E-state index in [0.717, 1.165) is 46.4 Å². The van der Waals surface area contributed by atoms with E-state index in [4.69, 9.17) is 11.5 Å². The van der Waals surface area contributed by atoms with E-state index in [1.54, 1.807) is 76.5 Å². The van der Waals surface area contributed by atoms with Gasteiger partial charge < -0.3 is 41.7 Å². The molecule has 0 aliphatic heterocycles. The van der Waals surface area contributed by atoms with Crippen LogP contribution in [-0.2, 0) is 35.3 Å². The fourth-order valence-corrected chi connectivity index (χ4v) is 11.0. The zero-order chi connectivity index (χ0) is 63.1. The molecule has 0 aliphatic carbocycles. The molecule has 8 aromatic rings. The maximum atomic E-state index is 12.3. The monoisotopic (exact) mass is 1200 g/mol. The lowest BCUT2D eigenvalue weighted by atomic mass is 10.0. The highest BCUT2D eigenvalue weighted by Crippen LogP contribution is 2.45. The third kappa shape index (κ3) is 16.8. The van der Waals surface area contributed by atoms with Gasteiger partial charge in [0, 0.05) is 119 Å². The van der Waals surface area contributed by atoms with Gasteiger partial charge in [-0.1, -0.05) is 52.0 Å². The van der Waals surface area contributed by atoms with Crippen molar-refractivity contribution >= 4 is 118 Å². The van der Waals surface area contributed by atoms with Gasteiger partial charge in [-0.15, -0.1) is 0 Å². The van der Waals surface area contributed by atoms with Gasteiger partial charge in [-0.2, -0.15) is 40.9 Å². The zero-order valence-electron chi connectivity index (χ0n) is 50.0. The lowest BCUT2D eigenvalue weighted by Gasteiger charge is -2.19. The summed E-state index contributed by atoms with van der Waals surface area (Å²) in [6.07, 6.45) is 3.05. The first-order valence-electron chi connectivity index (χ1n) is 25.7. The third-order valence-electron chi connectivity index (χ3n) is 11.9. The van der Waals surface area contributed by atoms with E-state index in [1.165, 1.54) is 25.2 Å². The van der Waals surface area contributed by atoms with Gasteiger partial charge in [0.15, 0.2) is 35.3 Å². The van der Waals surface area contributed by atoms with Gasteiger partial charge in [-0.3, -0.25) is 0 Å². The fraction of sp³-hybridized carbons (Fsp3) is 0.310. The molecule has 0 aromatic heterocycles. The van der Waals surface area contributed by atoms with Gasteiger partial charge in [0.1, 0.15) is 40.0 Å². The van der Waals surface area contributed by atoms with Crippen LogP contribution in [0.15, 0.2) is 142 Å². The summed E-state index contributed by atoms with van der Waals surface area (Å²) in [5, 5.41) is 76.5. The number of azo groups is 4. The number of nitrogen functional groups attached to an aromatic ring is 2. The van der Waals surface area contributed by atoms with Crippen LogP contribution in [-0.4, -0.2) is 121 Å². The molecular formula is C58H76N12O10S3. The molecule has 0 heterocycles. The summed E-state index contributed by atoms with van der Waals surface area (Å²) in [5.41, 5.74) is 18.0. The molecule has 83 heavy (non-hydrogen) atoms. The van der Waals surface area contributed by atoms with Crippen LogP contribution >= 0.6 is 0 Å². The number of hydrogen-bond donors (Lipinski definition) is 6. The largest absolute Gasteiger partial charge is 0.507 e. The summed E-state index contributed by atoms with van der Waals surface area (Å²) < 4.78 is 71.5. The molecule has 446 valence electrons. The molecule has 8 N–H and O–H groups in total. The molecule has 0 amide bonds. The summed E-state index contributed by atoms with van der Waals surface area (Å²) in [5.74, 6) is -0.784. The maximum Gasteiger partial charge on any atom is 0.175 e. The minimum absolute atomic E-state index is 0.0518. The molecule has 0 bridgehead atoms. The summed E-state index contributed by atoms with van der Waals surface area (Å²) in [4.78, 5) is 3.45. The van der Waals surface area contributed by atoms with Gasteiger partial charge in [0.25, 0.3) is 0 Å². The van der Waals surface area contributed by atoms with Crippen molar-refractivity contribution < 1.29 is 45.7 Å². The Hall–Kier alpha value is -8.55. The van der Waals surface area contributed by atoms with Crippen LogP contribution in [0.2, 0.25) is 0 Å². The number of nitrogens with zero attached hydrogens (tertiary/aromatic N) is 10. The second-order valence-corrected chi connectivity index (χ2v) is 24.7. The zero-order valence-corrected chi connectivity index (χ0v) is 52.4. The Morgan fingerprint density at radius 1 is 0.506 bits per heavy atom. The molecule has 8 rings (SSSR count). The predicted octanol–water partition coefficient (Wildman–Crippen LogP) is 13.4. The Labute approximate surface area is 486 Å². The van der Waals surface area contributed by atoms with E-state index in [9.17, 15) is 45.7 Å². The minimum atomic E-state index is -3.79. The number of hydrogen-bond acceptors (Lipinski definition) is 22. The van der Waals surface area contributed by atoms with Gasteiger partial charge >= 0.3 is 0 Å². The number of aryl methyl sites for hydroxylation is 2. The van der Waals surface area contributed by atoms with E-state index >= 15 is 0 Å². The molecule has 0 aliphatic rings. The highest BCUT2D eigenvalue weighted by atomic mass is 32.2. The molecule has 0 unspecified atom stereocenters. The summed E-state index contributed by atoms with van der Waals surface area (Å²) >= 11 is 0. The SMILES string of the molecule is CC.CC.CN=Nc1c(C)cc2cccc(N)c2c1O.CN=Nc1c(N(C)C)ccc2c(O)c(CS(C)(=O)=O)c(S(C)(=O)=O)cc12.CN=Nc1c(N(C)C)ccc2c(O)cc(S(C)(=O)=O)cc12.CN=Nc1ccc2cc(C)cc(O)c2c1N. The Morgan fingerprint density at radius 3 is 1.51 bits per heavy atom. The van der Waals surface area contributed by atoms with Gasteiger partial charge in [0.2, 0.25) is 0 Å². The Balaban J connectivity index is 0.000000289. The lowest BCUT2D eigenvalue weighted by Crippen LogP contribution is -2.10. The fourth-order valence-electron chi connectivity index (χ4n) is 8.50. The molecule has 0 saturated heterocycles. The second-order valence-electron chi connectivity index (χ2n) is 18.5. The van der Waals surface area contributed by atoms with Crippen molar-refractivity contribution in [1.82, 2.24) is 0 Å². The Kier molecular flexibility index (Phi) is 24.4. The van der Waals surface area contributed by atoms with Gasteiger partial charge in [-0.25, -0.2) is 25.3 Å². The Bertz CT molecular complexity index is 4130. The number of sulfone groups is 3. The normalized spacial score (nSPS) is 11.6. The van der Waals surface area contributed by atoms with Crippen LogP contribution in [0.25, 0.3) is 43.1 Å². The lowest BCUT2D eigenvalue weighted by molar-refractivity contribution is 0.473. The molecule has 0 radical (unpaired) electrons. The molecular weight excluding hydrogens is 1120 g/mol. The molecule has 0 atom stereocenters. The van der Waals surface area contributed by atoms with Crippen molar-refractivity contribution in [3.05, 3.63) is 108 Å². The number of benzene rings is 8. The highest BCUT2D eigenvalue weighted by molar-refractivity contribution is 7.91. The summed E-state index contributed by atoms with van der Waals surface area (Å²) in [7, 11) is 2.69. The highest BCUT2D eigenvalue weighted by Gasteiger charge is 2.25. The van der Waals surface area contributed by atoms with E-state index in [0.29, 0.717) is 72.1 Å².